The van der Waals surface area contributed by atoms with Gasteiger partial charge in [-0.1, -0.05) is 29.6 Å². The first-order chi connectivity index (χ1) is 21.2. The Morgan fingerprint density at radius 2 is 1.66 bits per heavy atom. The summed E-state index contributed by atoms with van der Waals surface area (Å²) in [7, 11) is 0. The number of aromatic nitrogens is 3. The van der Waals surface area contributed by atoms with E-state index in [9.17, 15) is 4.79 Å². The lowest BCUT2D eigenvalue weighted by Gasteiger charge is -2.34. The standard InChI is InChI=1S/C25H32ClN5O2S.C8H18N2/c1-16(2)30-11-9-18(10-12-30)28-25(32)20-14-27-24(17-5-3-4-6-17)31(20)15-19-13-21(33-29-19)22-7-8-23(26)34-22;1-7(2)10-5-3-8(9)4-6-10/h7-8,13-14,16-18H,3-6,9-12,15H2,1-2H3,(H,28,32);7-8H,3-6,9H2,1-2H3. The van der Waals surface area contributed by atoms with Crippen molar-refractivity contribution in [2.24, 2.45) is 5.73 Å². The fourth-order valence-electron chi connectivity index (χ4n) is 6.61. The molecule has 0 unspecified atom stereocenters. The molecular formula is C33H50ClN7O2S. The number of hydrogen-bond donors (Lipinski definition) is 2. The number of thiophene rings is 1. The number of imidazole rings is 1. The molecule has 1 saturated carbocycles. The van der Waals surface area contributed by atoms with Crippen molar-refractivity contribution in [1.82, 2.24) is 29.8 Å². The molecule has 6 rings (SSSR count). The van der Waals surface area contributed by atoms with Crippen LogP contribution in [0.3, 0.4) is 0 Å². The van der Waals surface area contributed by atoms with E-state index in [-0.39, 0.29) is 11.9 Å². The van der Waals surface area contributed by atoms with Gasteiger partial charge in [0.1, 0.15) is 17.2 Å². The fourth-order valence-corrected chi connectivity index (χ4v) is 7.61. The second-order valence-electron chi connectivity index (χ2n) is 13.2. The summed E-state index contributed by atoms with van der Waals surface area (Å²) in [6.45, 7) is 13.8. The lowest BCUT2D eigenvalue weighted by Crippen LogP contribution is -2.47. The summed E-state index contributed by atoms with van der Waals surface area (Å²) in [5.41, 5.74) is 7.15. The summed E-state index contributed by atoms with van der Waals surface area (Å²) in [4.78, 5) is 24.0. The van der Waals surface area contributed by atoms with Crippen molar-refractivity contribution in [3.05, 3.63) is 45.9 Å². The summed E-state index contributed by atoms with van der Waals surface area (Å²) in [6.07, 6.45) is 10.7. The lowest BCUT2D eigenvalue weighted by molar-refractivity contribution is 0.0891. The average Bonchev–Trinajstić information content (AvgIpc) is 3.82. The maximum Gasteiger partial charge on any atom is 0.269 e. The number of nitrogens with two attached hydrogens (primary N) is 1. The molecule has 3 fully saturated rings. The maximum atomic E-state index is 13.4. The molecule has 44 heavy (non-hydrogen) atoms. The molecule has 1 aliphatic carbocycles. The van der Waals surface area contributed by atoms with Crippen LogP contribution in [0.15, 0.2) is 28.9 Å². The molecule has 5 heterocycles. The molecule has 0 atom stereocenters. The summed E-state index contributed by atoms with van der Waals surface area (Å²) in [5, 5.41) is 7.56. The second kappa shape index (κ2) is 15.4. The lowest BCUT2D eigenvalue weighted by atomic mass is 10.0. The predicted molar refractivity (Wildman–Crippen MR) is 178 cm³/mol. The fraction of sp³-hybridized carbons (Fsp3) is 0.667. The van der Waals surface area contributed by atoms with E-state index < -0.39 is 0 Å². The van der Waals surface area contributed by atoms with Crippen LogP contribution in [0.5, 0.6) is 0 Å². The predicted octanol–water partition coefficient (Wildman–Crippen LogP) is 6.38. The third-order valence-electron chi connectivity index (χ3n) is 9.43. The van der Waals surface area contributed by atoms with E-state index in [0.717, 1.165) is 55.2 Å². The summed E-state index contributed by atoms with van der Waals surface area (Å²) in [6, 6.07) is 7.63. The van der Waals surface area contributed by atoms with E-state index in [1.165, 1.54) is 50.1 Å². The van der Waals surface area contributed by atoms with E-state index >= 15 is 0 Å². The Balaban J connectivity index is 0.000000328. The number of nitrogens with one attached hydrogen (secondary N) is 1. The number of halogens is 1. The molecule has 11 heteroatoms. The third-order valence-corrected chi connectivity index (χ3v) is 10.7. The van der Waals surface area contributed by atoms with Crippen molar-refractivity contribution in [2.45, 2.75) is 116 Å². The van der Waals surface area contributed by atoms with Crippen LogP contribution >= 0.6 is 22.9 Å². The Hall–Kier alpha value is -2.24. The van der Waals surface area contributed by atoms with Crippen molar-refractivity contribution in [3.8, 4) is 10.6 Å². The van der Waals surface area contributed by atoms with Gasteiger partial charge in [0.15, 0.2) is 5.76 Å². The van der Waals surface area contributed by atoms with E-state index in [0.29, 0.717) is 46.4 Å². The van der Waals surface area contributed by atoms with Gasteiger partial charge in [-0.2, -0.15) is 0 Å². The average molecular weight is 644 g/mol. The summed E-state index contributed by atoms with van der Waals surface area (Å²) < 4.78 is 8.36. The molecule has 3 N–H and O–H groups in total. The monoisotopic (exact) mass is 643 g/mol. The van der Waals surface area contributed by atoms with Gasteiger partial charge < -0.3 is 29.9 Å². The number of carbonyl (C=O) groups is 1. The molecule has 3 aromatic heterocycles. The Morgan fingerprint density at radius 3 is 2.25 bits per heavy atom. The highest BCUT2D eigenvalue weighted by Crippen LogP contribution is 2.35. The first-order valence-electron chi connectivity index (χ1n) is 16.5. The third kappa shape index (κ3) is 8.51. The Morgan fingerprint density at radius 1 is 1.02 bits per heavy atom. The molecule has 2 aliphatic heterocycles. The Kier molecular flexibility index (Phi) is 11.6. The first-order valence-corrected chi connectivity index (χ1v) is 17.7. The molecule has 0 bridgehead atoms. The van der Waals surface area contributed by atoms with Crippen LogP contribution in [-0.2, 0) is 6.54 Å². The van der Waals surface area contributed by atoms with Crippen molar-refractivity contribution in [2.75, 3.05) is 26.2 Å². The smallest absolute Gasteiger partial charge is 0.269 e. The van der Waals surface area contributed by atoms with Gasteiger partial charge in [0.2, 0.25) is 0 Å². The molecule has 0 aromatic carbocycles. The summed E-state index contributed by atoms with van der Waals surface area (Å²) in [5.74, 6) is 2.02. The van der Waals surface area contributed by atoms with Crippen LogP contribution in [0.25, 0.3) is 10.6 Å². The highest BCUT2D eigenvalue weighted by atomic mass is 35.5. The van der Waals surface area contributed by atoms with Gasteiger partial charge in [-0.25, -0.2) is 4.98 Å². The minimum absolute atomic E-state index is 0.0477. The molecule has 1 amide bonds. The van der Waals surface area contributed by atoms with E-state index in [1.54, 1.807) is 6.20 Å². The molecular weight excluding hydrogens is 594 g/mol. The van der Waals surface area contributed by atoms with Crippen LogP contribution in [-0.4, -0.2) is 80.8 Å². The number of likely N-dealkylation sites (tertiary alicyclic amines) is 2. The van der Waals surface area contributed by atoms with Gasteiger partial charge in [0.25, 0.3) is 5.91 Å². The van der Waals surface area contributed by atoms with Crippen molar-refractivity contribution in [3.63, 3.8) is 0 Å². The highest BCUT2D eigenvalue weighted by molar-refractivity contribution is 7.19. The van der Waals surface area contributed by atoms with Gasteiger partial charge in [0, 0.05) is 49.2 Å². The SMILES string of the molecule is CC(C)N1CCC(N)CC1.CC(C)N1CCC(NC(=O)c2cnc(C3CCCC3)n2Cc2cc(-c3ccc(Cl)s3)on2)CC1. The summed E-state index contributed by atoms with van der Waals surface area (Å²) >= 11 is 7.54. The largest absolute Gasteiger partial charge is 0.355 e. The normalized spacial score (nSPS) is 19.5. The topological polar surface area (TPSA) is 105 Å². The first kappa shape index (κ1) is 33.1. The van der Waals surface area contributed by atoms with Gasteiger partial charge in [-0.15, -0.1) is 11.3 Å². The quantitative estimate of drug-likeness (QED) is 0.293. The number of piperidine rings is 2. The van der Waals surface area contributed by atoms with Crippen LogP contribution in [0.1, 0.15) is 107 Å². The number of nitrogens with zero attached hydrogens (tertiary/aromatic N) is 5. The van der Waals surface area contributed by atoms with E-state index in [1.807, 2.05) is 18.2 Å². The zero-order valence-electron chi connectivity index (χ0n) is 26.8. The molecule has 3 aliphatic rings. The number of carbonyl (C=O) groups excluding carboxylic acids is 1. The van der Waals surface area contributed by atoms with E-state index in [2.05, 4.69) is 52.5 Å². The minimum atomic E-state index is -0.0477. The van der Waals surface area contributed by atoms with Gasteiger partial charge >= 0.3 is 0 Å². The molecule has 0 radical (unpaired) electrons. The zero-order chi connectivity index (χ0) is 31.2. The molecule has 9 nitrogen and oxygen atoms in total. The van der Waals surface area contributed by atoms with Crippen molar-refractivity contribution >= 4 is 28.8 Å². The van der Waals surface area contributed by atoms with Gasteiger partial charge in [-0.3, -0.25) is 4.79 Å². The maximum absolute atomic E-state index is 13.4. The number of amides is 1. The molecule has 2 saturated heterocycles. The van der Waals surface area contributed by atoms with Gasteiger partial charge in [-0.05, 0) is 91.4 Å². The minimum Gasteiger partial charge on any atom is -0.355 e. The Bertz CT molecular complexity index is 1330. The van der Waals surface area contributed by atoms with E-state index in [4.69, 9.17) is 26.8 Å². The molecule has 242 valence electrons. The highest BCUT2D eigenvalue weighted by Gasteiger charge is 2.28. The van der Waals surface area contributed by atoms with Crippen LogP contribution < -0.4 is 11.1 Å². The Labute approximate surface area is 271 Å². The van der Waals surface area contributed by atoms with Crippen LogP contribution in [0, 0.1) is 0 Å². The molecule has 0 spiro atoms. The number of hydrogen-bond acceptors (Lipinski definition) is 8. The van der Waals surface area contributed by atoms with Crippen molar-refractivity contribution in [1.29, 1.82) is 0 Å². The van der Waals surface area contributed by atoms with Crippen molar-refractivity contribution < 1.29 is 9.32 Å². The van der Waals surface area contributed by atoms with Gasteiger partial charge in [0.05, 0.1) is 22.0 Å². The second-order valence-corrected chi connectivity index (χ2v) is 14.9. The molecule has 3 aromatic rings. The zero-order valence-corrected chi connectivity index (χ0v) is 28.4. The van der Waals surface area contributed by atoms with Crippen LogP contribution in [0.2, 0.25) is 4.34 Å². The van der Waals surface area contributed by atoms with Crippen LogP contribution in [0.4, 0.5) is 0 Å². The number of rotatable bonds is 8.